The molecule has 1 aliphatic heterocycles. The van der Waals surface area contributed by atoms with Crippen molar-refractivity contribution in [2.75, 3.05) is 25.5 Å². The fourth-order valence-electron chi connectivity index (χ4n) is 3.37. The monoisotopic (exact) mass is 339 g/mol. The number of nitrogens with one attached hydrogen (secondary N) is 1. The van der Waals surface area contributed by atoms with E-state index in [1.165, 1.54) is 5.56 Å². The highest BCUT2D eigenvalue weighted by Gasteiger charge is 2.39. The average Bonchev–Trinajstić information content (AvgIpc) is 2.64. The predicted molar refractivity (Wildman–Crippen MR) is 98.6 cm³/mol. The Morgan fingerprint density at radius 1 is 1.36 bits per heavy atom. The minimum absolute atomic E-state index is 0.00698. The number of hydrogen-bond acceptors (Lipinski definition) is 4. The Labute approximate surface area is 148 Å². The zero-order chi connectivity index (χ0) is 17.9. The second-order valence-electron chi connectivity index (χ2n) is 6.92. The molecule has 2 atom stereocenters. The lowest BCUT2D eigenvalue weighted by molar-refractivity contribution is -0.0507. The molecule has 0 bridgehead atoms. The van der Waals surface area contributed by atoms with E-state index >= 15 is 0 Å². The van der Waals surface area contributed by atoms with E-state index in [0.29, 0.717) is 30.9 Å². The first-order valence-electron chi connectivity index (χ1n) is 8.69. The quantitative estimate of drug-likeness (QED) is 0.898. The van der Waals surface area contributed by atoms with E-state index in [0.717, 1.165) is 6.42 Å². The molecule has 2 N–H and O–H groups in total. The van der Waals surface area contributed by atoms with Crippen LogP contribution in [0.5, 0.6) is 0 Å². The van der Waals surface area contributed by atoms with Gasteiger partial charge in [0.15, 0.2) is 0 Å². The lowest BCUT2D eigenvalue weighted by Crippen LogP contribution is -2.52. The smallest absolute Gasteiger partial charge is 0.254 e. The Bertz CT molecular complexity index is 731. The molecule has 0 spiro atoms. The molecular formula is C20H25N3O2. The summed E-state index contributed by atoms with van der Waals surface area (Å²) >= 11 is 0. The molecule has 1 amide bonds. The maximum atomic E-state index is 12.9. The van der Waals surface area contributed by atoms with Crippen molar-refractivity contribution in [1.29, 1.82) is 0 Å². The third-order valence-electron chi connectivity index (χ3n) is 5.08. The second kappa shape index (κ2) is 7.23. The van der Waals surface area contributed by atoms with Crippen LogP contribution >= 0.6 is 0 Å². The van der Waals surface area contributed by atoms with Crippen molar-refractivity contribution in [3.8, 4) is 0 Å². The van der Waals surface area contributed by atoms with Gasteiger partial charge >= 0.3 is 0 Å². The second-order valence-corrected chi connectivity index (χ2v) is 6.92. The van der Waals surface area contributed by atoms with Gasteiger partial charge in [0.2, 0.25) is 0 Å². The summed E-state index contributed by atoms with van der Waals surface area (Å²) < 4.78 is 0. The van der Waals surface area contributed by atoms with E-state index in [4.69, 9.17) is 0 Å². The molecule has 132 valence electrons. The molecule has 1 saturated heterocycles. The van der Waals surface area contributed by atoms with Crippen LogP contribution in [0.1, 0.15) is 29.3 Å². The van der Waals surface area contributed by atoms with Gasteiger partial charge in [-0.1, -0.05) is 30.3 Å². The molecule has 5 heteroatoms. The molecule has 2 heterocycles. The molecule has 1 aromatic carbocycles. The van der Waals surface area contributed by atoms with Crippen LogP contribution in [0.25, 0.3) is 0 Å². The van der Waals surface area contributed by atoms with E-state index in [9.17, 15) is 9.90 Å². The average molecular weight is 339 g/mol. The van der Waals surface area contributed by atoms with Gasteiger partial charge in [-0.25, -0.2) is 4.98 Å². The number of aromatic nitrogens is 1. The van der Waals surface area contributed by atoms with Gasteiger partial charge in [0.25, 0.3) is 5.91 Å². The number of benzene rings is 1. The zero-order valence-electron chi connectivity index (χ0n) is 14.8. The summed E-state index contributed by atoms with van der Waals surface area (Å²) in [4.78, 5) is 18.9. The summed E-state index contributed by atoms with van der Waals surface area (Å²) in [6, 6.07) is 13.6. The molecule has 5 nitrogen and oxygen atoms in total. The van der Waals surface area contributed by atoms with E-state index in [1.807, 2.05) is 30.0 Å². The molecule has 0 saturated carbocycles. The molecule has 1 aromatic heterocycles. The molecule has 0 aliphatic carbocycles. The van der Waals surface area contributed by atoms with Crippen molar-refractivity contribution in [3.05, 3.63) is 59.8 Å². The van der Waals surface area contributed by atoms with E-state index in [1.54, 1.807) is 25.4 Å². The summed E-state index contributed by atoms with van der Waals surface area (Å²) in [5.41, 5.74) is 1.05. The maximum absolute atomic E-state index is 12.9. The number of piperidine rings is 1. The Balaban J connectivity index is 1.76. The topological polar surface area (TPSA) is 65.5 Å². The van der Waals surface area contributed by atoms with Crippen LogP contribution in [0.15, 0.2) is 48.7 Å². The third kappa shape index (κ3) is 3.99. The van der Waals surface area contributed by atoms with Crippen LogP contribution in [0.4, 0.5) is 5.82 Å². The van der Waals surface area contributed by atoms with Gasteiger partial charge < -0.3 is 15.3 Å². The van der Waals surface area contributed by atoms with E-state index in [-0.39, 0.29) is 11.8 Å². The van der Waals surface area contributed by atoms with Crippen LogP contribution in [0, 0.1) is 5.92 Å². The normalized spacial score (nSPS) is 23.3. The predicted octanol–water partition coefficient (Wildman–Crippen LogP) is 2.58. The molecule has 1 aliphatic rings. The Morgan fingerprint density at radius 3 is 2.84 bits per heavy atom. The van der Waals surface area contributed by atoms with Gasteiger partial charge in [0, 0.05) is 37.8 Å². The van der Waals surface area contributed by atoms with E-state index < -0.39 is 5.60 Å². The summed E-state index contributed by atoms with van der Waals surface area (Å²) in [5.74, 6) is 0.682. The number of carbonyl (C=O) groups excluding carboxylic acids is 1. The summed E-state index contributed by atoms with van der Waals surface area (Å²) in [7, 11) is 1.78. The van der Waals surface area contributed by atoms with E-state index in [2.05, 4.69) is 22.4 Å². The number of aliphatic hydroxyl groups is 1. The van der Waals surface area contributed by atoms with Crippen molar-refractivity contribution in [2.45, 2.75) is 25.4 Å². The summed E-state index contributed by atoms with van der Waals surface area (Å²) in [5, 5.41) is 13.7. The van der Waals surface area contributed by atoms with Crippen LogP contribution in [-0.2, 0) is 6.42 Å². The third-order valence-corrected chi connectivity index (χ3v) is 5.08. The minimum Gasteiger partial charge on any atom is -0.390 e. The molecular weight excluding hydrogens is 314 g/mol. The number of pyridine rings is 1. The largest absolute Gasteiger partial charge is 0.390 e. The van der Waals surface area contributed by atoms with Crippen molar-refractivity contribution in [2.24, 2.45) is 5.92 Å². The SMILES string of the molecule is CNc1cc(C(=O)N2CC[C@@](C)(O)[C@@H](Cc3ccccc3)C2)ccn1. The number of carbonyl (C=O) groups is 1. The number of hydrogen-bond donors (Lipinski definition) is 2. The number of anilines is 1. The standard InChI is InChI=1S/C20H25N3O2/c1-20(25)9-11-23(14-17(20)12-15-6-4-3-5-7-15)19(24)16-8-10-22-18(13-16)21-2/h3-8,10,13,17,25H,9,11-12,14H2,1-2H3,(H,21,22)/t17-,20+/m0/s1. The lowest BCUT2D eigenvalue weighted by atomic mass is 9.78. The van der Waals surface area contributed by atoms with Crippen LogP contribution in [-0.4, -0.2) is 46.6 Å². The Morgan fingerprint density at radius 2 is 2.12 bits per heavy atom. The number of rotatable bonds is 4. The highest BCUT2D eigenvalue weighted by atomic mass is 16.3. The Kier molecular flexibility index (Phi) is 5.04. The first-order chi connectivity index (χ1) is 12.0. The maximum Gasteiger partial charge on any atom is 0.254 e. The minimum atomic E-state index is -0.763. The number of amides is 1. The highest BCUT2D eigenvalue weighted by molar-refractivity contribution is 5.94. The molecule has 1 fully saturated rings. The van der Waals surface area contributed by atoms with Gasteiger partial charge in [-0.3, -0.25) is 4.79 Å². The Hall–Kier alpha value is -2.40. The first kappa shape index (κ1) is 17.4. The lowest BCUT2D eigenvalue weighted by Gasteiger charge is -2.43. The van der Waals surface area contributed by atoms with Crippen LogP contribution < -0.4 is 5.32 Å². The molecule has 25 heavy (non-hydrogen) atoms. The summed E-state index contributed by atoms with van der Waals surface area (Å²) in [6.07, 6.45) is 2.98. The summed E-state index contributed by atoms with van der Waals surface area (Å²) in [6.45, 7) is 3.00. The van der Waals surface area contributed by atoms with Gasteiger partial charge in [0.05, 0.1) is 5.60 Å². The highest BCUT2D eigenvalue weighted by Crippen LogP contribution is 2.31. The molecule has 2 aromatic rings. The molecule has 3 rings (SSSR count). The van der Waals surface area contributed by atoms with Gasteiger partial charge in [-0.15, -0.1) is 0 Å². The fourth-order valence-corrected chi connectivity index (χ4v) is 3.37. The van der Waals surface area contributed by atoms with Gasteiger partial charge in [-0.05, 0) is 37.5 Å². The van der Waals surface area contributed by atoms with Crippen molar-refractivity contribution in [1.82, 2.24) is 9.88 Å². The fraction of sp³-hybridized carbons (Fsp3) is 0.400. The number of likely N-dealkylation sites (tertiary alicyclic amines) is 1. The molecule has 0 radical (unpaired) electrons. The number of nitrogens with zero attached hydrogens (tertiary/aromatic N) is 2. The first-order valence-corrected chi connectivity index (χ1v) is 8.69. The van der Waals surface area contributed by atoms with Crippen LogP contribution in [0.3, 0.4) is 0 Å². The van der Waals surface area contributed by atoms with Gasteiger partial charge in [0.1, 0.15) is 5.82 Å². The van der Waals surface area contributed by atoms with Gasteiger partial charge in [-0.2, -0.15) is 0 Å². The zero-order valence-corrected chi connectivity index (χ0v) is 14.8. The van der Waals surface area contributed by atoms with Crippen LogP contribution in [0.2, 0.25) is 0 Å². The molecule has 0 unspecified atom stereocenters. The van der Waals surface area contributed by atoms with Crippen molar-refractivity contribution >= 4 is 11.7 Å². The van der Waals surface area contributed by atoms with Crippen molar-refractivity contribution < 1.29 is 9.90 Å². The van der Waals surface area contributed by atoms with Crippen molar-refractivity contribution in [3.63, 3.8) is 0 Å².